The number of hydrogen-bond donors (Lipinski definition) is 1. The number of rotatable bonds is 9. The Balaban J connectivity index is 1.53. The van der Waals surface area contributed by atoms with Crippen LogP contribution < -0.4 is 5.32 Å². The molecule has 1 aliphatic rings. The van der Waals surface area contributed by atoms with Gasteiger partial charge in [0.1, 0.15) is 21.8 Å². The fraction of sp³-hybridized carbons (Fsp3) is 0.276. The van der Waals surface area contributed by atoms with E-state index in [1.807, 2.05) is 0 Å². The molecule has 1 saturated carbocycles. The molecule has 1 N–H and O–H groups in total. The summed E-state index contributed by atoms with van der Waals surface area (Å²) in [6.07, 6.45) is -6.07. The minimum Gasteiger partial charge on any atom is -0.326 e. The lowest BCUT2D eigenvalue weighted by Gasteiger charge is -2.12. The largest absolute Gasteiger partial charge is 0.419 e. The summed E-state index contributed by atoms with van der Waals surface area (Å²) in [6.45, 7) is 1.51. The van der Waals surface area contributed by atoms with Gasteiger partial charge in [-0.15, -0.1) is 23.2 Å². The summed E-state index contributed by atoms with van der Waals surface area (Å²) in [5, 5.41) is 2.43. The molecule has 0 bridgehead atoms. The van der Waals surface area contributed by atoms with Crippen molar-refractivity contribution in [2.75, 3.05) is 5.32 Å². The quantitative estimate of drug-likeness (QED) is 0.136. The highest BCUT2D eigenvalue weighted by Crippen LogP contribution is 2.65. The smallest absolute Gasteiger partial charge is 0.326 e. The maximum Gasteiger partial charge on any atom is 0.419 e. The van der Waals surface area contributed by atoms with Gasteiger partial charge in [-0.25, -0.2) is 13.2 Å². The van der Waals surface area contributed by atoms with E-state index in [4.69, 9.17) is 34.8 Å². The lowest BCUT2D eigenvalue weighted by molar-refractivity contribution is -0.140. The van der Waals surface area contributed by atoms with Crippen molar-refractivity contribution in [3.63, 3.8) is 0 Å². The molecule has 3 aromatic rings. The Kier molecular flexibility index (Phi) is 9.62. The Labute approximate surface area is 264 Å². The number of ketones is 2. The highest BCUT2D eigenvalue weighted by Gasteiger charge is 2.67. The summed E-state index contributed by atoms with van der Waals surface area (Å²) in [7, 11) is 0. The number of benzene rings is 3. The maximum atomic E-state index is 15.1. The average Bonchev–Trinajstić information content (AvgIpc) is 3.50. The van der Waals surface area contributed by atoms with E-state index < -0.39 is 86.1 Å². The molecule has 0 spiro atoms. The van der Waals surface area contributed by atoms with Crippen LogP contribution in [-0.4, -0.2) is 26.6 Å². The van der Waals surface area contributed by atoms with Crippen molar-refractivity contribution in [1.82, 2.24) is 0 Å². The number of anilines is 1. The van der Waals surface area contributed by atoms with Crippen molar-refractivity contribution in [3.05, 3.63) is 98.8 Å². The number of Topliss-reactive ketones (excluding diaryl/α,β-unsaturated/α-hetero) is 2. The molecule has 1 aliphatic carbocycles. The van der Waals surface area contributed by atoms with Gasteiger partial charge < -0.3 is 5.32 Å². The van der Waals surface area contributed by atoms with Gasteiger partial charge in [0, 0.05) is 35.6 Å². The van der Waals surface area contributed by atoms with E-state index >= 15 is 4.39 Å². The predicted octanol–water partition coefficient (Wildman–Crippen LogP) is 8.62. The van der Waals surface area contributed by atoms with Crippen molar-refractivity contribution in [1.29, 1.82) is 0 Å². The molecule has 4 nitrogen and oxygen atoms in total. The predicted molar refractivity (Wildman–Crippen MR) is 154 cm³/mol. The monoisotopic (exact) mass is 727 g/mol. The lowest BCUT2D eigenvalue weighted by atomic mass is 9.97. The minimum absolute atomic E-state index is 0.0415. The van der Waals surface area contributed by atoms with Gasteiger partial charge >= 0.3 is 6.18 Å². The highest BCUT2D eigenvalue weighted by molar-refractivity contribution is 9.10. The van der Waals surface area contributed by atoms with Crippen LogP contribution in [0.15, 0.2) is 48.5 Å². The van der Waals surface area contributed by atoms with Crippen molar-refractivity contribution < 1.29 is 40.7 Å². The van der Waals surface area contributed by atoms with Gasteiger partial charge in [-0.2, -0.15) is 13.2 Å². The van der Waals surface area contributed by atoms with Crippen molar-refractivity contribution in [2.24, 2.45) is 5.92 Å². The van der Waals surface area contributed by atoms with Crippen molar-refractivity contribution in [3.8, 4) is 0 Å². The zero-order valence-electron chi connectivity index (χ0n) is 21.8. The summed E-state index contributed by atoms with van der Waals surface area (Å²) in [5.74, 6) is -7.78. The van der Waals surface area contributed by atoms with Crippen LogP contribution in [0.25, 0.3) is 0 Å². The summed E-state index contributed by atoms with van der Waals surface area (Å²) < 4.78 is 80.8. The van der Waals surface area contributed by atoms with E-state index in [-0.39, 0.29) is 27.4 Å². The summed E-state index contributed by atoms with van der Waals surface area (Å²) in [4.78, 5) is 37.5. The highest BCUT2D eigenvalue weighted by atomic mass is 79.9. The Morgan fingerprint density at radius 1 is 0.977 bits per heavy atom. The van der Waals surface area contributed by atoms with Gasteiger partial charge in [-0.1, -0.05) is 39.7 Å². The van der Waals surface area contributed by atoms with Crippen LogP contribution in [-0.2, 0) is 28.6 Å². The standard InChI is InChI=1S/C29H19BrCl3F6NO3/c1-12(30)22(41)11-17-20(34)6-3-14(26(17)36)9-23(42)16-10-15(4-5-19(16)31)40-27(43)25-24(28(25,32)33)13-2-7-21(35)18(8-13)29(37,38)39/h2-8,10,12,24-25H,9,11H2,1H3,(H,40,43)/t12?,24-,25+/m0/s1. The van der Waals surface area contributed by atoms with Gasteiger partial charge in [-0.05, 0) is 54.4 Å². The van der Waals surface area contributed by atoms with Crippen LogP contribution in [0.5, 0.6) is 0 Å². The number of nitrogens with one attached hydrogen (secondary N) is 1. The molecule has 3 aromatic carbocycles. The fourth-order valence-corrected chi connectivity index (χ4v) is 5.80. The van der Waals surface area contributed by atoms with Gasteiger partial charge in [-0.3, -0.25) is 14.4 Å². The molecule has 43 heavy (non-hydrogen) atoms. The summed E-state index contributed by atoms with van der Waals surface area (Å²) in [5.41, 5.74) is -2.39. The Bertz CT molecular complexity index is 1630. The van der Waals surface area contributed by atoms with E-state index in [1.165, 1.54) is 25.1 Å². The summed E-state index contributed by atoms with van der Waals surface area (Å²) >= 11 is 21.7. The van der Waals surface area contributed by atoms with Crippen LogP contribution >= 0.6 is 50.7 Å². The number of carbonyl (C=O) groups is 3. The normalized spacial score (nSPS) is 18.2. The molecule has 1 unspecified atom stereocenters. The topological polar surface area (TPSA) is 63.2 Å². The van der Waals surface area contributed by atoms with E-state index in [2.05, 4.69) is 21.2 Å². The molecule has 228 valence electrons. The zero-order chi connectivity index (χ0) is 32.0. The van der Waals surface area contributed by atoms with Crippen LogP contribution in [0.1, 0.15) is 45.5 Å². The SMILES string of the molecule is CC(Br)C(=O)Cc1c(F)ccc(CC(=O)c2cc(NC(=O)[C@H]3[C@H](c4ccc(F)c(C(F)(F)F)c4)C3(Cl)Cl)ccc2Cl)c1F. The zero-order valence-corrected chi connectivity index (χ0v) is 25.6. The first-order chi connectivity index (χ1) is 19.9. The molecule has 0 saturated heterocycles. The molecule has 14 heteroatoms. The molecule has 1 amide bonds. The second-order valence-corrected chi connectivity index (χ2v) is 13.1. The fourth-order valence-electron chi connectivity index (χ4n) is 4.59. The van der Waals surface area contributed by atoms with Crippen molar-refractivity contribution >= 4 is 73.9 Å². The lowest BCUT2D eigenvalue weighted by Crippen LogP contribution is -2.18. The average molecular weight is 730 g/mol. The van der Waals surface area contributed by atoms with Gasteiger partial charge in [0.25, 0.3) is 0 Å². The molecule has 0 heterocycles. The number of amides is 1. The number of alkyl halides is 6. The van der Waals surface area contributed by atoms with Crippen LogP contribution in [0.2, 0.25) is 5.02 Å². The first kappa shape index (κ1) is 33.3. The summed E-state index contributed by atoms with van der Waals surface area (Å²) in [6, 6.07) is 8.03. The Hall–Kier alpha value is -2.60. The van der Waals surface area contributed by atoms with E-state index in [1.54, 1.807) is 0 Å². The first-order valence-corrected chi connectivity index (χ1v) is 14.5. The second kappa shape index (κ2) is 12.4. The maximum absolute atomic E-state index is 15.1. The van der Waals surface area contributed by atoms with Crippen molar-refractivity contribution in [2.45, 2.75) is 41.0 Å². The van der Waals surface area contributed by atoms with Crippen LogP contribution in [0.3, 0.4) is 0 Å². The molecular weight excluding hydrogens is 711 g/mol. The minimum atomic E-state index is -4.98. The molecule has 0 aromatic heterocycles. The molecule has 4 rings (SSSR count). The third-order valence-electron chi connectivity index (χ3n) is 6.94. The van der Waals surface area contributed by atoms with Crippen LogP contribution in [0, 0.1) is 23.4 Å². The molecule has 0 aliphatic heterocycles. The number of carbonyl (C=O) groups excluding carboxylic acids is 3. The number of hydrogen-bond acceptors (Lipinski definition) is 3. The first-order valence-electron chi connectivity index (χ1n) is 12.4. The van der Waals surface area contributed by atoms with E-state index in [9.17, 15) is 36.3 Å². The third kappa shape index (κ3) is 7.05. The van der Waals surface area contributed by atoms with Gasteiger partial charge in [0.15, 0.2) is 11.6 Å². The Morgan fingerprint density at radius 2 is 1.63 bits per heavy atom. The van der Waals surface area contributed by atoms with Gasteiger partial charge in [0.2, 0.25) is 5.91 Å². The van der Waals surface area contributed by atoms with E-state index in [0.29, 0.717) is 12.1 Å². The molecule has 3 atom stereocenters. The molecule has 0 radical (unpaired) electrons. The third-order valence-corrected chi connectivity index (χ3v) is 8.72. The molecule has 1 fully saturated rings. The number of halogens is 10. The van der Waals surface area contributed by atoms with Gasteiger partial charge in [0.05, 0.1) is 21.3 Å². The van der Waals surface area contributed by atoms with Crippen LogP contribution in [0.4, 0.5) is 32.0 Å². The molecular formula is C29H19BrCl3F6NO3. The second-order valence-electron chi connectivity index (χ2n) is 9.91. The van der Waals surface area contributed by atoms with E-state index in [0.717, 1.165) is 18.2 Å². The Morgan fingerprint density at radius 3 is 2.26 bits per heavy atom.